The molecule has 0 spiro atoms. The summed E-state index contributed by atoms with van der Waals surface area (Å²) >= 11 is 0. The Morgan fingerprint density at radius 3 is 3.23 bits per heavy atom. The summed E-state index contributed by atoms with van der Waals surface area (Å²) in [7, 11) is 0. The minimum absolute atomic E-state index is 0.528. The van der Waals surface area contributed by atoms with Gasteiger partial charge in [0.25, 0.3) is 0 Å². The van der Waals surface area contributed by atoms with Crippen LogP contribution in [0.15, 0.2) is 18.2 Å². The monoisotopic (exact) mass is 175 g/mol. The van der Waals surface area contributed by atoms with Gasteiger partial charge in [0.2, 0.25) is 0 Å². The first kappa shape index (κ1) is 8.30. The highest BCUT2D eigenvalue weighted by Crippen LogP contribution is 2.31. The van der Waals surface area contributed by atoms with Gasteiger partial charge >= 0.3 is 0 Å². The summed E-state index contributed by atoms with van der Waals surface area (Å²) < 4.78 is 0. The number of hydrogen-bond donors (Lipinski definition) is 1. The number of benzene rings is 1. The van der Waals surface area contributed by atoms with E-state index in [4.69, 9.17) is 0 Å². The van der Waals surface area contributed by atoms with Crippen LogP contribution in [0, 0.1) is 0 Å². The second kappa shape index (κ2) is 3.21. The van der Waals surface area contributed by atoms with Crippen molar-refractivity contribution in [2.75, 3.05) is 11.9 Å². The summed E-state index contributed by atoms with van der Waals surface area (Å²) in [5.74, 6) is 0.571. The summed E-state index contributed by atoms with van der Waals surface area (Å²) in [6.45, 7) is 3.21. The van der Waals surface area contributed by atoms with Gasteiger partial charge in [-0.3, -0.25) is 0 Å². The van der Waals surface area contributed by atoms with Crippen molar-refractivity contribution in [3.8, 4) is 0 Å². The zero-order chi connectivity index (χ0) is 9.26. The fourth-order valence-electron chi connectivity index (χ4n) is 1.78. The first-order chi connectivity index (χ1) is 6.31. The van der Waals surface area contributed by atoms with Gasteiger partial charge in [-0.05, 0) is 17.2 Å². The molecule has 0 aromatic heterocycles. The zero-order valence-corrected chi connectivity index (χ0v) is 7.71. The SMILES string of the molecule is CC1CNc2ccc(CC=O)cc21. The topological polar surface area (TPSA) is 29.1 Å². The van der Waals surface area contributed by atoms with E-state index < -0.39 is 0 Å². The minimum Gasteiger partial charge on any atom is -0.384 e. The largest absolute Gasteiger partial charge is 0.384 e. The third kappa shape index (κ3) is 1.44. The molecule has 2 nitrogen and oxygen atoms in total. The van der Waals surface area contributed by atoms with Crippen LogP contribution in [0.2, 0.25) is 0 Å². The van der Waals surface area contributed by atoms with E-state index in [2.05, 4.69) is 24.4 Å². The minimum atomic E-state index is 0.528. The Labute approximate surface area is 78.0 Å². The molecule has 2 heteroatoms. The van der Waals surface area contributed by atoms with Crippen LogP contribution in [-0.2, 0) is 11.2 Å². The lowest BCUT2D eigenvalue weighted by molar-refractivity contribution is -0.107. The summed E-state index contributed by atoms with van der Waals surface area (Å²) in [6, 6.07) is 6.21. The van der Waals surface area contributed by atoms with Crippen LogP contribution in [0.1, 0.15) is 24.0 Å². The van der Waals surface area contributed by atoms with E-state index in [0.717, 1.165) is 18.4 Å². The Bertz CT molecular complexity index is 333. The average Bonchev–Trinajstić information content (AvgIpc) is 2.49. The highest BCUT2D eigenvalue weighted by molar-refractivity contribution is 5.62. The van der Waals surface area contributed by atoms with E-state index in [1.165, 1.54) is 11.3 Å². The lowest BCUT2D eigenvalue weighted by Gasteiger charge is -2.03. The first-order valence-electron chi connectivity index (χ1n) is 4.61. The first-order valence-corrected chi connectivity index (χ1v) is 4.61. The van der Waals surface area contributed by atoms with Gasteiger partial charge in [-0.15, -0.1) is 0 Å². The van der Waals surface area contributed by atoms with Gasteiger partial charge in [-0.1, -0.05) is 19.1 Å². The molecule has 13 heavy (non-hydrogen) atoms. The van der Waals surface area contributed by atoms with Gasteiger partial charge in [-0.2, -0.15) is 0 Å². The Morgan fingerprint density at radius 1 is 1.62 bits per heavy atom. The molecular weight excluding hydrogens is 162 g/mol. The number of aldehydes is 1. The lowest BCUT2D eigenvalue weighted by Crippen LogP contribution is -1.95. The van der Waals surface area contributed by atoms with Gasteiger partial charge in [0.15, 0.2) is 0 Å². The average molecular weight is 175 g/mol. The molecule has 1 aromatic carbocycles. The molecule has 1 aliphatic heterocycles. The van der Waals surface area contributed by atoms with Crippen LogP contribution in [0.25, 0.3) is 0 Å². The number of anilines is 1. The van der Waals surface area contributed by atoms with Crippen molar-refractivity contribution < 1.29 is 4.79 Å². The second-order valence-corrected chi connectivity index (χ2v) is 3.57. The molecule has 0 aliphatic carbocycles. The highest BCUT2D eigenvalue weighted by Gasteiger charge is 2.17. The number of nitrogens with one attached hydrogen (secondary N) is 1. The molecule has 1 aliphatic rings. The quantitative estimate of drug-likeness (QED) is 0.696. The third-order valence-corrected chi connectivity index (χ3v) is 2.56. The predicted octanol–water partition coefficient (Wildman–Crippen LogP) is 1.96. The summed E-state index contributed by atoms with van der Waals surface area (Å²) in [4.78, 5) is 10.3. The Kier molecular flexibility index (Phi) is 2.05. The number of fused-ring (bicyclic) bond motifs is 1. The lowest BCUT2D eigenvalue weighted by atomic mass is 10.00. The molecule has 1 N–H and O–H groups in total. The van der Waals surface area contributed by atoms with Gasteiger partial charge < -0.3 is 10.1 Å². The molecule has 1 heterocycles. The molecule has 0 amide bonds. The number of carbonyl (C=O) groups excluding carboxylic acids is 1. The van der Waals surface area contributed by atoms with Crippen LogP contribution >= 0.6 is 0 Å². The molecule has 0 fully saturated rings. The molecular formula is C11H13NO. The molecule has 1 atom stereocenters. The van der Waals surface area contributed by atoms with E-state index in [-0.39, 0.29) is 0 Å². The Balaban J connectivity index is 2.35. The van der Waals surface area contributed by atoms with Crippen LogP contribution in [0.5, 0.6) is 0 Å². The third-order valence-electron chi connectivity index (χ3n) is 2.56. The van der Waals surface area contributed by atoms with Crippen molar-refractivity contribution in [2.45, 2.75) is 19.3 Å². The van der Waals surface area contributed by atoms with Crippen LogP contribution in [0.3, 0.4) is 0 Å². The van der Waals surface area contributed by atoms with Crippen LogP contribution < -0.4 is 5.32 Å². The summed E-state index contributed by atoms with van der Waals surface area (Å²) in [6.07, 6.45) is 1.48. The van der Waals surface area contributed by atoms with Gasteiger partial charge in [0.05, 0.1) is 0 Å². The smallest absolute Gasteiger partial charge is 0.124 e. The second-order valence-electron chi connectivity index (χ2n) is 3.57. The fraction of sp³-hybridized carbons (Fsp3) is 0.364. The molecule has 1 aromatic rings. The van der Waals surface area contributed by atoms with Crippen molar-refractivity contribution >= 4 is 12.0 Å². The summed E-state index contributed by atoms with van der Waals surface area (Å²) in [5, 5.41) is 3.33. The maximum Gasteiger partial charge on any atom is 0.124 e. The maximum absolute atomic E-state index is 10.3. The van der Waals surface area contributed by atoms with E-state index in [0.29, 0.717) is 12.3 Å². The van der Waals surface area contributed by atoms with E-state index in [1.54, 1.807) is 0 Å². The summed E-state index contributed by atoms with van der Waals surface area (Å²) in [5.41, 5.74) is 3.69. The molecule has 0 saturated carbocycles. The standard InChI is InChI=1S/C11H13NO/c1-8-7-12-11-3-2-9(4-5-13)6-10(8)11/h2-3,5-6,8,12H,4,7H2,1H3. The molecule has 2 rings (SSSR count). The highest BCUT2D eigenvalue weighted by atomic mass is 16.1. The number of hydrogen-bond acceptors (Lipinski definition) is 2. The van der Waals surface area contributed by atoms with Crippen molar-refractivity contribution in [3.05, 3.63) is 29.3 Å². The molecule has 0 bridgehead atoms. The van der Waals surface area contributed by atoms with Crippen LogP contribution in [-0.4, -0.2) is 12.8 Å². The van der Waals surface area contributed by atoms with Crippen LogP contribution in [0.4, 0.5) is 5.69 Å². The molecule has 0 saturated heterocycles. The van der Waals surface area contributed by atoms with Crippen molar-refractivity contribution in [3.63, 3.8) is 0 Å². The number of rotatable bonds is 2. The zero-order valence-electron chi connectivity index (χ0n) is 7.71. The van der Waals surface area contributed by atoms with E-state index in [1.807, 2.05) is 6.07 Å². The maximum atomic E-state index is 10.3. The van der Waals surface area contributed by atoms with E-state index >= 15 is 0 Å². The predicted molar refractivity (Wildman–Crippen MR) is 53.1 cm³/mol. The van der Waals surface area contributed by atoms with Crippen molar-refractivity contribution in [1.82, 2.24) is 0 Å². The normalized spacial score (nSPS) is 19.3. The van der Waals surface area contributed by atoms with Crippen molar-refractivity contribution in [2.24, 2.45) is 0 Å². The fourth-order valence-corrected chi connectivity index (χ4v) is 1.78. The molecule has 0 radical (unpaired) electrons. The van der Waals surface area contributed by atoms with Gasteiger partial charge in [0.1, 0.15) is 6.29 Å². The number of carbonyl (C=O) groups is 1. The Hall–Kier alpha value is -1.31. The van der Waals surface area contributed by atoms with E-state index in [9.17, 15) is 4.79 Å². The molecule has 68 valence electrons. The van der Waals surface area contributed by atoms with Crippen molar-refractivity contribution in [1.29, 1.82) is 0 Å². The Morgan fingerprint density at radius 2 is 2.46 bits per heavy atom. The van der Waals surface area contributed by atoms with Gasteiger partial charge in [0, 0.05) is 24.6 Å². The van der Waals surface area contributed by atoms with Gasteiger partial charge in [-0.25, -0.2) is 0 Å². The molecule has 1 unspecified atom stereocenters.